The number of aliphatic carboxylic acids is 1. The lowest BCUT2D eigenvalue weighted by molar-refractivity contribution is -0.136. The molecule has 1 aromatic carbocycles. The van der Waals surface area contributed by atoms with Crippen molar-refractivity contribution in [1.82, 2.24) is 0 Å². The lowest BCUT2D eigenvalue weighted by atomic mass is 9.93. The summed E-state index contributed by atoms with van der Waals surface area (Å²) in [5.74, 6) is -0.404. The van der Waals surface area contributed by atoms with Crippen LogP contribution in [0.2, 0.25) is 0 Å². The van der Waals surface area contributed by atoms with E-state index in [1.54, 1.807) is 14.2 Å². The Morgan fingerprint density at radius 1 is 1.42 bits per heavy atom. The van der Waals surface area contributed by atoms with E-state index in [4.69, 9.17) is 14.6 Å². The average Bonchev–Trinajstić information content (AvgIpc) is 2.93. The highest BCUT2D eigenvalue weighted by Gasteiger charge is 2.31. The molecular formula is C18H23NO5. The molecule has 130 valence electrons. The van der Waals surface area contributed by atoms with E-state index in [1.807, 2.05) is 19.9 Å². The number of esters is 1. The Labute approximate surface area is 141 Å². The van der Waals surface area contributed by atoms with Crippen molar-refractivity contribution in [1.29, 1.82) is 0 Å². The van der Waals surface area contributed by atoms with Crippen LogP contribution in [0.5, 0.6) is 5.75 Å². The number of nitrogens with one attached hydrogen (secondary N) is 1. The summed E-state index contributed by atoms with van der Waals surface area (Å²) < 4.78 is 10.8. The number of hydrogen-bond acceptors (Lipinski definition) is 5. The van der Waals surface area contributed by atoms with Gasteiger partial charge in [0.1, 0.15) is 12.4 Å². The number of rotatable bonds is 7. The van der Waals surface area contributed by atoms with E-state index in [-0.39, 0.29) is 19.0 Å². The Bertz CT molecular complexity index is 706. The van der Waals surface area contributed by atoms with Crippen LogP contribution >= 0.6 is 0 Å². The Morgan fingerprint density at radius 3 is 2.71 bits per heavy atom. The zero-order chi connectivity index (χ0) is 17.9. The Hall–Kier alpha value is -2.50. The molecule has 0 unspecified atom stereocenters. The van der Waals surface area contributed by atoms with Gasteiger partial charge in [-0.3, -0.25) is 4.79 Å². The van der Waals surface area contributed by atoms with Crippen molar-refractivity contribution < 1.29 is 24.2 Å². The molecule has 1 aromatic rings. The van der Waals surface area contributed by atoms with E-state index in [1.165, 1.54) is 0 Å². The number of carboxylic acid groups (broad SMARTS) is 1. The second-order valence-corrected chi connectivity index (χ2v) is 5.84. The third-order valence-corrected chi connectivity index (χ3v) is 4.31. The molecule has 0 amide bonds. The molecule has 0 saturated carbocycles. The first kappa shape index (κ1) is 17.8. The molecule has 0 atom stereocenters. The molecule has 6 nitrogen and oxygen atoms in total. The molecule has 1 aliphatic rings. The van der Waals surface area contributed by atoms with Crippen molar-refractivity contribution in [3.05, 3.63) is 33.9 Å². The van der Waals surface area contributed by atoms with Gasteiger partial charge in [-0.15, -0.1) is 0 Å². The molecule has 0 aromatic heterocycles. The van der Waals surface area contributed by atoms with E-state index in [0.29, 0.717) is 18.4 Å². The van der Waals surface area contributed by atoms with Gasteiger partial charge in [0.05, 0.1) is 18.4 Å². The van der Waals surface area contributed by atoms with Crippen LogP contribution in [0.4, 0.5) is 5.69 Å². The molecule has 0 bridgehead atoms. The van der Waals surface area contributed by atoms with Crippen LogP contribution in [0.3, 0.4) is 0 Å². The maximum Gasteiger partial charge on any atom is 0.341 e. The molecule has 6 heteroatoms. The van der Waals surface area contributed by atoms with Crippen LogP contribution in [-0.4, -0.2) is 31.2 Å². The summed E-state index contributed by atoms with van der Waals surface area (Å²) in [7, 11) is 3.37. The predicted molar refractivity (Wildman–Crippen MR) is 90.7 cm³/mol. The molecular weight excluding hydrogens is 310 g/mol. The van der Waals surface area contributed by atoms with Crippen molar-refractivity contribution in [2.45, 2.75) is 39.7 Å². The Kier molecular flexibility index (Phi) is 5.49. The number of cyclic esters (lactones) is 1. The van der Waals surface area contributed by atoms with E-state index in [9.17, 15) is 9.59 Å². The number of ether oxygens (including phenoxy) is 2. The number of fused-ring (bicyclic) bond motifs is 1. The van der Waals surface area contributed by atoms with E-state index < -0.39 is 5.97 Å². The van der Waals surface area contributed by atoms with Gasteiger partial charge in [0.15, 0.2) is 0 Å². The number of carboxylic acids is 1. The number of benzene rings is 1. The molecule has 0 saturated heterocycles. The predicted octanol–water partition coefficient (Wildman–Crippen LogP) is 3.07. The fourth-order valence-corrected chi connectivity index (χ4v) is 3.01. The largest absolute Gasteiger partial charge is 0.496 e. The highest BCUT2D eigenvalue weighted by Crippen LogP contribution is 2.41. The fourth-order valence-electron chi connectivity index (χ4n) is 3.01. The number of allylic oxidation sites excluding steroid dienone is 2. The van der Waals surface area contributed by atoms with Gasteiger partial charge in [-0.1, -0.05) is 11.6 Å². The van der Waals surface area contributed by atoms with Crippen molar-refractivity contribution >= 4 is 17.6 Å². The standard InChI is InChI=1S/C18H23NO5/c1-10(6-8-14(20)21)5-7-12-16(19-3)15-13(9-24-18(15)22)11(2)17(12)23-4/h5,19H,6-9H2,1-4H3,(H,20,21). The second-order valence-electron chi connectivity index (χ2n) is 5.84. The van der Waals surface area contributed by atoms with Gasteiger partial charge in [0.2, 0.25) is 0 Å². The van der Waals surface area contributed by atoms with Gasteiger partial charge in [-0.2, -0.15) is 0 Å². The Morgan fingerprint density at radius 2 is 2.12 bits per heavy atom. The smallest absolute Gasteiger partial charge is 0.341 e. The zero-order valence-electron chi connectivity index (χ0n) is 14.5. The van der Waals surface area contributed by atoms with Crippen LogP contribution in [0.15, 0.2) is 11.6 Å². The summed E-state index contributed by atoms with van der Waals surface area (Å²) in [6, 6.07) is 0. The summed E-state index contributed by atoms with van der Waals surface area (Å²) in [6.07, 6.45) is 3.13. The van der Waals surface area contributed by atoms with Crippen LogP contribution in [-0.2, 0) is 22.6 Å². The van der Waals surface area contributed by atoms with Crippen LogP contribution in [0.25, 0.3) is 0 Å². The molecule has 0 spiro atoms. The van der Waals surface area contributed by atoms with Gasteiger partial charge in [-0.05, 0) is 32.3 Å². The maximum atomic E-state index is 12.1. The number of methoxy groups -OCH3 is 1. The number of hydrogen-bond donors (Lipinski definition) is 2. The van der Waals surface area contributed by atoms with Gasteiger partial charge in [0, 0.05) is 24.6 Å². The van der Waals surface area contributed by atoms with Crippen molar-refractivity contribution in [2.75, 3.05) is 19.5 Å². The minimum atomic E-state index is -0.813. The monoisotopic (exact) mass is 333 g/mol. The molecule has 0 aliphatic carbocycles. The van der Waals surface area contributed by atoms with E-state index in [2.05, 4.69) is 5.32 Å². The first-order chi connectivity index (χ1) is 11.4. The number of anilines is 1. The SMILES string of the molecule is CNc1c(CC=C(C)CCC(=O)O)c(OC)c(C)c2c1C(=O)OC2. The molecule has 0 radical (unpaired) electrons. The lowest BCUT2D eigenvalue weighted by Gasteiger charge is -2.18. The number of carbonyl (C=O) groups excluding carboxylic acids is 1. The normalized spacial score (nSPS) is 13.5. The van der Waals surface area contributed by atoms with Gasteiger partial charge >= 0.3 is 11.9 Å². The van der Waals surface area contributed by atoms with Crippen molar-refractivity contribution in [3.8, 4) is 5.75 Å². The summed E-state index contributed by atoms with van der Waals surface area (Å²) in [6.45, 7) is 4.09. The Balaban J connectivity index is 2.43. The quantitative estimate of drug-likeness (QED) is 0.589. The first-order valence-electron chi connectivity index (χ1n) is 7.85. The highest BCUT2D eigenvalue weighted by molar-refractivity contribution is 6.01. The minimum absolute atomic E-state index is 0.105. The molecule has 0 fully saturated rings. The number of carbonyl (C=O) groups is 2. The average molecular weight is 333 g/mol. The van der Waals surface area contributed by atoms with Crippen LogP contribution in [0, 0.1) is 6.92 Å². The second kappa shape index (κ2) is 7.38. The summed E-state index contributed by atoms with van der Waals surface area (Å²) in [5.41, 5.74) is 4.92. The molecule has 2 rings (SSSR count). The third kappa shape index (κ3) is 3.37. The molecule has 1 heterocycles. The van der Waals surface area contributed by atoms with Crippen LogP contribution in [0.1, 0.15) is 46.8 Å². The summed E-state index contributed by atoms with van der Waals surface area (Å²) >= 11 is 0. The summed E-state index contributed by atoms with van der Waals surface area (Å²) in [4.78, 5) is 22.8. The van der Waals surface area contributed by atoms with Crippen molar-refractivity contribution in [2.24, 2.45) is 0 Å². The molecule has 1 aliphatic heterocycles. The minimum Gasteiger partial charge on any atom is -0.496 e. The lowest BCUT2D eigenvalue weighted by Crippen LogP contribution is -2.08. The van der Waals surface area contributed by atoms with Crippen LogP contribution < -0.4 is 10.1 Å². The summed E-state index contributed by atoms with van der Waals surface area (Å²) in [5, 5.41) is 11.9. The topological polar surface area (TPSA) is 84.9 Å². The van der Waals surface area contributed by atoms with E-state index >= 15 is 0 Å². The van der Waals surface area contributed by atoms with Gasteiger partial charge in [-0.25, -0.2) is 4.79 Å². The highest BCUT2D eigenvalue weighted by atomic mass is 16.5. The van der Waals surface area contributed by atoms with Gasteiger partial charge < -0.3 is 19.9 Å². The zero-order valence-corrected chi connectivity index (χ0v) is 14.5. The first-order valence-corrected chi connectivity index (χ1v) is 7.85. The molecule has 2 N–H and O–H groups in total. The van der Waals surface area contributed by atoms with E-state index in [0.717, 1.165) is 33.7 Å². The van der Waals surface area contributed by atoms with Gasteiger partial charge in [0.25, 0.3) is 0 Å². The fraction of sp³-hybridized carbons (Fsp3) is 0.444. The maximum absolute atomic E-state index is 12.1. The third-order valence-electron chi connectivity index (χ3n) is 4.31. The van der Waals surface area contributed by atoms with Crippen molar-refractivity contribution in [3.63, 3.8) is 0 Å². The molecule has 24 heavy (non-hydrogen) atoms.